The van der Waals surface area contributed by atoms with Crippen molar-refractivity contribution in [3.8, 4) is 0 Å². The highest BCUT2D eigenvalue weighted by atomic mass is 32.1. The summed E-state index contributed by atoms with van der Waals surface area (Å²) in [4.78, 5) is 12.4. The lowest BCUT2D eigenvalue weighted by Crippen LogP contribution is -2.32. The van der Waals surface area contributed by atoms with Gasteiger partial charge in [-0.05, 0) is 49.7 Å². The molecule has 0 radical (unpaired) electrons. The fraction of sp³-hybridized carbons (Fsp3) is 0.615. The minimum Gasteiger partial charge on any atom is -0.477 e. The van der Waals surface area contributed by atoms with Gasteiger partial charge in [-0.15, -0.1) is 11.3 Å². The predicted molar refractivity (Wildman–Crippen MR) is 67.4 cm³/mol. The summed E-state index contributed by atoms with van der Waals surface area (Å²) in [6.07, 6.45) is 5.50. The molecule has 2 N–H and O–H groups in total. The number of hydrogen-bond donors (Lipinski definition) is 2. The van der Waals surface area contributed by atoms with Crippen LogP contribution in [0.15, 0.2) is 12.1 Å². The van der Waals surface area contributed by atoms with Crippen LogP contribution in [0.5, 0.6) is 0 Å². The average Bonchev–Trinajstić information content (AvgIpc) is 3.20. The zero-order valence-corrected chi connectivity index (χ0v) is 10.5. The van der Waals surface area contributed by atoms with E-state index in [0.29, 0.717) is 10.9 Å². The van der Waals surface area contributed by atoms with Crippen LogP contribution in [0.2, 0.25) is 0 Å². The fourth-order valence-electron chi connectivity index (χ4n) is 2.44. The van der Waals surface area contributed by atoms with E-state index in [1.54, 1.807) is 6.07 Å². The van der Waals surface area contributed by atoms with Crippen molar-refractivity contribution in [2.24, 2.45) is 11.8 Å². The summed E-state index contributed by atoms with van der Waals surface area (Å²) in [6.45, 7) is 0.829. The monoisotopic (exact) mass is 251 g/mol. The molecule has 4 heteroatoms. The Morgan fingerprint density at radius 3 is 2.47 bits per heavy atom. The summed E-state index contributed by atoms with van der Waals surface area (Å²) >= 11 is 1.39. The third-order valence-electron chi connectivity index (χ3n) is 3.64. The van der Waals surface area contributed by atoms with E-state index in [-0.39, 0.29) is 0 Å². The minimum atomic E-state index is -0.817. The number of aromatic carboxylic acids is 1. The Hall–Kier alpha value is -0.870. The van der Waals surface area contributed by atoms with Crippen molar-refractivity contribution < 1.29 is 9.90 Å². The van der Waals surface area contributed by atoms with Crippen molar-refractivity contribution in [2.45, 2.75) is 38.3 Å². The second kappa shape index (κ2) is 4.42. The van der Waals surface area contributed by atoms with Crippen LogP contribution in [0.1, 0.15) is 40.2 Å². The predicted octanol–water partition coefficient (Wildman–Crippen LogP) is 2.72. The highest BCUT2D eigenvalue weighted by Gasteiger charge is 2.40. The van der Waals surface area contributed by atoms with Gasteiger partial charge in [0.1, 0.15) is 4.88 Å². The minimum absolute atomic E-state index is 0.441. The Labute approximate surface area is 105 Å². The first kappa shape index (κ1) is 11.2. The second-order valence-electron chi connectivity index (χ2n) is 5.15. The van der Waals surface area contributed by atoms with Gasteiger partial charge in [0, 0.05) is 17.5 Å². The highest BCUT2D eigenvalue weighted by Crippen LogP contribution is 2.44. The SMILES string of the molecule is O=C(O)c1ccc(CNC(C2CC2)C2CC2)s1. The molecule has 0 aromatic carbocycles. The van der Waals surface area contributed by atoms with Gasteiger partial charge in [-0.3, -0.25) is 0 Å². The maximum absolute atomic E-state index is 10.8. The summed E-state index contributed by atoms with van der Waals surface area (Å²) in [5.41, 5.74) is 0. The molecule has 0 spiro atoms. The standard InChI is InChI=1S/C13H17NO2S/c15-13(16)11-6-5-10(17-11)7-14-12(8-1-2-8)9-3-4-9/h5-6,8-9,12,14H,1-4,7H2,(H,15,16). The summed E-state index contributed by atoms with van der Waals surface area (Å²) < 4.78 is 0. The van der Waals surface area contributed by atoms with Gasteiger partial charge in [0.05, 0.1) is 0 Å². The number of rotatable bonds is 6. The van der Waals surface area contributed by atoms with Gasteiger partial charge >= 0.3 is 5.97 Å². The Bertz CT molecular complexity index is 409. The first-order chi connectivity index (χ1) is 8.24. The number of carboxylic acid groups (broad SMARTS) is 1. The molecule has 17 heavy (non-hydrogen) atoms. The van der Waals surface area contributed by atoms with Crippen LogP contribution in [0.3, 0.4) is 0 Å². The quantitative estimate of drug-likeness (QED) is 0.817. The summed E-state index contributed by atoms with van der Waals surface area (Å²) in [7, 11) is 0. The number of carbonyl (C=O) groups is 1. The van der Waals surface area contributed by atoms with Crippen molar-refractivity contribution in [3.63, 3.8) is 0 Å². The van der Waals surface area contributed by atoms with E-state index in [4.69, 9.17) is 5.11 Å². The van der Waals surface area contributed by atoms with Crippen molar-refractivity contribution in [1.82, 2.24) is 5.32 Å². The molecule has 0 atom stereocenters. The topological polar surface area (TPSA) is 49.3 Å². The van der Waals surface area contributed by atoms with Gasteiger partial charge in [-0.2, -0.15) is 0 Å². The molecule has 2 fully saturated rings. The zero-order chi connectivity index (χ0) is 11.8. The molecule has 3 nitrogen and oxygen atoms in total. The summed E-state index contributed by atoms with van der Waals surface area (Å²) in [5, 5.41) is 12.5. The van der Waals surface area contributed by atoms with Crippen LogP contribution >= 0.6 is 11.3 Å². The van der Waals surface area contributed by atoms with Crippen molar-refractivity contribution >= 4 is 17.3 Å². The number of hydrogen-bond acceptors (Lipinski definition) is 3. The molecular formula is C13H17NO2S. The van der Waals surface area contributed by atoms with E-state index in [0.717, 1.165) is 23.3 Å². The van der Waals surface area contributed by atoms with E-state index in [2.05, 4.69) is 5.32 Å². The lowest BCUT2D eigenvalue weighted by atomic mass is 10.1. The fourth-order valence-corrected chi connectivity index (χ4v) is 3.23. The van der Waals surface area contributed by atoms with Gasteiger partial charge in [0.2, 0.25) is 0 Å². The third kappa shape index (κ3) is 2.69. The molecule has 1 aromatic heterocycles. The molecule has 0 amide bonds. The summed E-state index contributed by atoms with van der Waals surface area (Å²) in [5.74, 6) is 0.963. The smallest absolute Gasteiger partial charge is 0.345 e. The molecular weight excluding hydrogens is 234 g/mol. The molecule has 0 bridgehead atoms. The third-order valence-corrected chi connectivity index (χ3v) is 4.72. The molecule has 2 saturated carbocycles. The molecule has 92 valence electrons. The second-order valence-corrected chi connectivity index (χ2v) is 6.32. The number of carboxylic acids is 1. The van der Waals surface area contributed by atoms with Gasteiger partial charge in [-0.25, -0.2) is 4.79 Å². The molecule has 2 aliphatic rings. The van der Waals surface area contributed by atoms with Crippen molar-refractivity contribution in [2.75, 3.05) is 0 Å². The number of thiophene rings is 1. The van der Waals surface area contributed by atoms with Crippen molar-refractivity contribution in [1.29, 1.82) is 0 Å². The molecule has 0 saturated heterocycles. The van der Waals surface area contributed by atoms with E-state index >= 15 is 0 Å². The van der Waals surface area contributed by atoms with Crippen LogP contribution in [0, 0.1) is 11.8 Å². The van der Waals surface area contributed by atoms with Crippen LogP contribution in [-0.2, 0) is 6.54 Å². The lowest BCUT2D eigenvalue weighted by molar-refractivity contribution is 0.0702. The summed E-state index contributed by atoms with van der Waals surface area (Å²) in [6, 6.07) is 4.32. The average molecular weight is 251 g/mol. The first-order valence-corrected chi connectivity index (χ1v) is 7.11. The Kier molecular flexibility index (Phi) is 2.92. The molecule has 1 heterocycles. The Balaban J connectivity index is 1.56. The first-order valence-electron chi connectivity index (χ1n) is 6.29. The van der Waals surface area contributed by atoms with Gasteiger partial charge in [-0.1, -0.05) is 0 Å². The van der Waals surface area contributed by atoms with Gasteiger partial charge in [0.15, 0.2) is 0 Å². The molecule has 1 aromatic rings. The Morgan fingerprint density at radius 1 is 1.35 bits per heavy atom. The van der Waals surface area contributed by atoms with Crippen LogP contribution in [0.25, 0.3) is 0 Å². The normalized spacial score (nSPS) is 19.8. The maximum atomic E-state index is 10.8. The van der Waals surface area contributed by atoms with E-state index < -0.39 is 5.97 Å². The molecule has 3 rings (SSSR count). The van der Waals surface area contributed by atoms with Crippen LogP contribution in [-0.4, -0.2) is 17.1 Å². The van der Waals surface area contributed by atoms with E-state index in [9.17, 15) is 4.79 Å². The Morgan fingerprint density at radius 2 is 2.00 bits per heavy atom. The molecule has 0 unspecified atom stereocenters. The van der Waals surface area contributed by atoms with E-state index in [1.165, 1.54) is 37.0 Å². The maximum Gasteiger partial charge on any atom is 0.345 e. The molecule has 0 aliphatic heterocycles. The van der Waals surface area contributed by atoms with Crippen molar-refractivity contribution in [3.05, 3.63) is 21.9 Å². The van der Waals surface area contributed by atoms with Gasteiger partial charge < -0.3 is 10.4 Å². The lowest BCUT2D eigenvalue weighted by Gasteiger charge is -2.16. The number of nitrogens with one attached hydrogen (secondary N) is 1. The van der Waals surface area contributed by atoms with Crippen LogP contribution < -0.4 is 5.32 Å². The molecule has 2 aliphatic carbocycles. The zero-order valence-electron chi connectivity index (χ0n) is 9.69. The van der Waals surface area contributed by atoms with Gasteiger partial charge in [0.25, 0.3) is 0 Å². The van der Waals surface area contributed by atoms with E-state index in [1.807, 2.05) is 6.07 Å². The highest BCUT2D eigenvalue weighted by molar-refractivity contribution is 7.13. The largest absolute Gasteiger partial charge is 0.477 e. The van der Waals surface area contributed by atoms with Crippen LogP contribution in [0.4, 0.5) is 0 Å².